The van der Waals surface area contributed by atoms with Gasteiger partial charge >= 0.3 is 5.69 Å². The van der Waals surface area contributed by atoms with Crippen molar-refractivity contribution in [2.75, 3.05) is 0 Å². The number of rotatable bonds is 1. The van der Waals surface area contributed by atoms with Gasteiger partial charge in [0.15, 0.2) is 0 Å². The molecule has 2 rings (SSSR count). The Bertz CT molecular complexity index is 534. The molecule has 5 heteroatoms. The summed E-state index contributed by atoms with van der Waals surface area (Å²) in [5, 5.41) is 0. The van der Waals surface area contributed by atoms with Gasteiger partial charge in [-0.05, 0) is 0 Å². The van der Waals surface area contributed by atoms with Crippen LogP contribution >= 0.6 is 0 Å². The molecule has 0 amide bonds. The van der Waals surface area contributed by atoms with Crippen LogP contribution in [0.2, 0.25) is 0 Å². The Morgan fingerprint density at radius 2 is 2.12 bits per heavy atom. The van der Waals surface area contributed by atoms with Crippen LogP contribution in [-0.4, -0.2) is 19.5 Å². The van der Waals surface area contributed by atoms with Gasteiger partial charge in [-0.25, -0.2) is 9.78 Å². The summed E-state index contributed by atoms with van der Waals surface area (Å²) in [6, 6.07) is 1.86. The predicted molar refractivity (Wildman–Crippen MR) is 60.7 cm³/mol. The number of H-pyrrole nitrogens is 1. The molecule has 0 bridgehead atoms. The first-order chi connectivity index (χ1) is 7.47. The lowest BCUT2D eigenvalue weighted by molar-refractivity contribution is 0.562. The second kappa shape index (κ2) is 3.59. The van der Waals surface area contributed by atoms with E-state index in [0.29, 0.717) is 5.82 Å². The molecule has 84 valence electrons. The molecule has 2 aromatic heterocycles. The SMILES string of the molecule is CC(C)(C)c1cc(-n2ccnc2)nc(=O)[nH]1. The molecule has 0 aromatic carbocycles. The van der Waals surface area contributed by atoms with Crippen molar-refractivity contribution in [2.45, 2.75) is 26.2 Å². The number of aromatic amines is 1. The molecule has 2 aromatic rings. The summed E-state index contributed by atoms with van der Waals surface area (Å²) in [5.41, 5.74) is 0.407. The zero-order chi connectivity index (χ0) is 11.8. The lowest BCUT2D eigenvalue weighted by atomic mass is 9.92. The minimum atomic E-state index is -0.337. The van der Waals surface area contributed by atoms with E-state index < -0.39 is 0 Å². The normalized spacial score (nSPS) is 11.7. The molecule has 0 fully saturated rings. The number of aromatic nitrogens is 4. The van der Waals surface area contributed by atoms with Gasteiger partial charge in [0.25, 0.3) is 0 Å². The van der Waals surface area contributed by atoms with Crippen LogP contribution in [0.25, 0.3) is 5.82 Å². The molecule has 1 N–H and O–H groups in total. The van der Waals surface area contributed by atoms with Gasteiger partial charge in [0.1, 0.15) is 12.1 Å². The van der Waals surface area contributed by atoms with Gasteiger partial charge < -0.3 is 4.98 Å². The maximum atomic E-state index is 11.5. The quantitative estimate of drug-likeness (QED) is 0.783. The van der Waals surface area contributed by atoms with E-state index in [2.05, 4.69) is 15.0 Å². The molecule has 0 aliphatic carbocycles. The van der Waals surface area contributed by atoms with E-state index in [9.17, 15) is 4.79 Å². The third-order valence-electron chi connectivity index (χ3n) is 2.31. The van der Waals surface area contributed by atoms with Crippen molar-refractivity contribution >= 4 is 0 Å². The highest BCUT2D eigenvalue weighted by Gasteiger charge is 2.16. The molecule has 0 saturated carbocycles. The number of nitrogens with one attached hydrogen (secondary N) is 1. The van der Waals surface area contributed by atoms with Gasteiger partial charge in [-0.2, -0.15) is 4.98 Å². The standard InChI is InChI=1S/C11H14N4O/c1-11(2,3)8-6-9(14-10(16)13-8)15-5-4-12-7-15/h4-7H,1-3H3,(H,13,14,16). The average molecular weight is 218 g/mol. The summed E-state index contributed by atoms with van der Waals surface area (Å²) in [7, 11) is 0. The molecule has 5 nitrogen and oxygen atoms in total. The van der Waals surface area contributed by atoms with E-state index in [0.717, 1.165) is 5.69 Å². The molecule has 16 heavy (non-hydrogen) atoms. The summed E-state index contributed by atoms with van der Waals surface area (Å²) >= 11 is 0. The lowest BCUT2D eigenvalue weighted by Crippen LogP contribution is -2.22. The van der Waals surface area contributed by atoms with Crippen LogP contribution < -0.4 is 5.69 Å². The van der Waals surface area contributed by atoms with Gasteiger partial charge in [0.05, 0.1) is 0 Å². The maximum absolute atomic E-state index is 11.5. The van der Waals surface area contributed by atoms with Gasteiger partial charge in [-0.3, -0.25) is 4.57 Å². The van der Waals surface area contributed by atoms with E-state index >= 15 is 0 Å². The van der Waals surface area contributed by atoms with Crippen LogP contribution in [0, 0.1) is 0 Å². The number of nitrogens with zero attached hydrogens (tertiary/aromatic N) is 3. The van der Waals surface area contributed by atoms with Crippen LogP contribution in [-0.2, 0) is 5.41 Å². The zero-order valence-electron chi connectivity index (χ0n) is 9.56. The summed E-state index contributed by atoms with van der Waals surface area (Å²) in [4.78, 5) is 22.0. The van der Waals surface area contributed by atoms with Crippen molar-refractivity contribution < 1.29 is 0 Å². The first-order valence-corrected chi connectivity index (χ1v) is 5.07. The van der Waals surface area contributed by atoms with E-state index in [1.807, 2.05) is 26.8 Å². The largest absolute Gasteiger partial charge is 0.347 e. The first-order valence-electron chi connectivity index (χ1n) is 5.07. The summed E-state index contributed by atoms with van der Waals surface area (Å²) in [6.45, 7) is 6.11. The molecule has 0 unspecified atom stereocenters. The highest BCUT2D eigenvalue weighted by Crippen LogP contribution is 2.19. The monoisotopic (exact) mass is 218 g/mol. The smallest absolute Gasteiger partial charge is 0.309 e. The third kappa shape index (κ3) is 2.03. The molecule has 0 atom stereocenters. The van der Waals surface area contributed by atoms with Crippen molar-refractivity contribution in [3.63, 3.8) is 0 Å². The molecular formula is C11H14N4O. The highest BCUT2D eigenvalue weighted by atomic mass is 16.1. The number of hydrogen-bond donors (Lipinski definition) is 1. The van der Waals surface area contributed by atoms with Crippen LogP contribution in [0.4, 0.5) is 0 Å². The van der Waals surface area contributed by atoms with Crippen molar-refractivity contribution in [3.05, 3.63) is 41.0 Å². The van der Waals surface area contributed by atoms with Gasteiger partial charge in [0.2, 0.25) is 0 Å². The third-order valence-corrected chi connectivity index (χ3v) is 2.31. The summed E-state index contributed by atoms with van der Waals surface area (Å²) in [6.07, 6.45) is 5.03. The average Bonchev–Trinajstić information content (AvgIpc) is 2.68. The van der Waals surface area contributed by atoms with E-state index in [-0.39, 0.29) is 11.1 Å². The zero-order valence-corrected chi connectivity index (χ0v) is 9.56. The molecule has 0 aliphatic heterocycles. The maximum Gasteiger partial charge on any atom is 0.347 e. The van der Waals surface area contributed by atoms with E-state index in [4.69, 9.17) is 0 Å². The number of hydrogen-bond acceptors (Lipinski definition) is 3. The Hall–Kier alpha value is -1.91. The predicted octanol–water partition coefficient (Wildman–Crippen LogP) is 1.25. The van der Waals surface area contributed by atoms with Gasteiger partial charge in [-0.1, -0.05) is 20.8 Å². The van der Waals surface area contributed by atoms with Crippen molar-refractivity contribution in [3.8, 4) is 5.82 Å². The fraction of sp³-hybridized carbons (Fsp3) is 0.364. The molecule has 0 radical (unpaired) electrons. The van der Waals surface area contributed by atoms with Crippen molar-refractivity contribution in [2.24, 2.45) is 0 Å². The minimum absolute atomic E-state index is 0.114. The van der Waals surface area contributed by atoms with Crippen LogP contribution in [0.3, 0.4) is 0 Å². The fourth-order valence-corrected chi connectivity index (χ4v) is 1.38. The van der Waals surface area contributed by atoms with Crippen LogP contribution in [0.1, 0.15) is 26.5 Å². The second-order valence-electron chi connectivity index (χ2n) is 4.68. The second-order valence-corrected chi connectivity index (χ2v) is 4.68. The van der Waals surface area contributed by atoms with Gasteiger partial charge in [-0.15, -0.1) is 0 Å². The Morgan fingerprint density at radius 3 is 2.69 bits per heavy atom. The molecule has 0 aliphatic rings. The number of imidazole rings is 1. The van der Waals surface area contributed by atoms with Crippen LogP contribution in [0.15, 0.2) is 29.6 Å². The summed E-state index contributed by atoms with van der Waals surface area (Å²) in [5.74, 6) is 0.589. The van der Waals surface area contributed by atoms with E-state index in [1.165, 1.54) is 0 Å². The first kappa shape index (κ1) is 10.6. The van der Waals surface area contributed by atoms with Crippen molar-refractivity contribution in [1.82, 2.24) is 19.5 Å². The highest BCUT2D eigenvalue weighted by molar-refractivity contribution is 5.26. The summed E-state index contributed by atoms with van der Waals surface area (Å²) < 4.78 is 1.71. The molecule has 0 spiro atoms. The molecule has 0 saturated heterocycles. The van der Waals surface area contributed by atoms with Gasteiger partial charge in [0, 0.05) is 29.6 Å². The lowest BCUT2D eigenvalue weighted by Gasteiger charge is -2.18. The minimum Gasteiger partial charge on any atom is -0.309 e. The van der Waals surface area contributed by atoms with Crippen molar-refractivity contribution in [1.29, 1.82) is 0 Å². The Morgan fingerprint density at radius 1 is 1.38 bits per heavy atom. The fourth-order valence-electron chi connectivity index (χ4n) is 1.38. The Labute approximate surface area is 93.2 Å². The Balaban J connectivity index is 2.57. The van der Waals surface area contributed by atoms with E-state index in [1.54, 1.807) is 23.3 Å². The topological polar surface area (TPSA) is 63.6 Å². The van der Waals surface area contributed by atoms with Crippen LogP contribution in [0.5, 0.6) is 0 Å². The Kier molecular flexibility index (Phi) is 2.38. The molecule has 2 heterocycles. The molecular weight excluding hydrogens is 204 g/mol.